The van der Waals surface area contributed by atoms with Crippen LogP contribution in [0, 0.1) is 12.8 Å². The first-order chi connectivity index (χ1) is 10.7. The van der Waals surface area contributed by atoms with Crippen LogP contribution in [0.5, 0.6) is 0 Å². The Morgan fingerprint density at radius 3 is 2.82 bits per heavy atom. The zero-order chi connectivity index (χ0) is 15.5. The molecule has 1 aliphatic rings. The SMILES string of the molecule is CCn1cc(CC(=O)NC(c2ccccc2C)C2CC2)cn1. The summed E-state index contributed by atoms with van der Waals surface area (Å²) in [5.41, 5.74) is 3.47. The van der Waals surface area contributed by atoms with Gasteiger partial charge in [-0.15, -0.1) is 0 Å². The zero-order valence-electron chi connectivity index (χ0n) is 13.2. The van der Waals surface area contributed by atoms with Crippen LogP contribution in [0.3, 0.4) is 0 Å². The van der Waals surface area contributed by atoms with Gasteiger partial charge >= 0.3 is 0 Å². The van der Waals surface area contributed by atoms with Gasteiger partial charge in [0.15, 0.2) is 0 Å². The van der Waals surface area contributed by atoms with Crippen molar-refractivity contribution in [2.24, 2.45) is 5.92 Å². The number of aryl methyl sites for hydroxylation is 2. The van der Waals surface area contributed by atoms with Crippen molar-refractivity contribution in [2.45, 2.75) is 45.7 Å². The minimum Gasteiger partial charge on any atom is -0.349 e. The molecule has 1 amide bonds. The van der Waals surface area contributed by atoms with Gasteiger partial charge in [0.2, 0.25) is 5.91 Å². The molecule has 1 unspecified atom stereocenters. The van der Waals surface area contributed by atoms with Crippen molar-refractivity contribution >= 4 is 5.91 Å². The third kappa shape index (κ3) is 3.38. The molecule has 1 fully saturated rings. The van der Waals surface area contributed by atoms with Gasteiger partial charge in [0.05, 0.1) is 18.7 Å². The van der Waals surface area contributed by atoms with Crippen LogP contribution in [0.2, 0.25) is 0 Å². The number of hydrogen-bond acceptors (Lipinski definition) is 2. The standard InChI is InChI=1S/C18H23N3O/c1-3-21-12-14(11-19-21)10-17(22)20-18(15-8-9-15)16-7-5-4-6-13(16)2/h4-7,11-12,15,18H,3,8-10H2,1-2H3,(H,20,22). The molecule has 1 saturated carbocycles. The van der Waals surface area contributed by atoms with E-state index in [0.29, 0.717) is 12.3 Å². The van der Waals surface area contributed by atoms with Gasteiger partial charge in [-0.25, -0.2) is 0 Å². The van der Waals surface area contributed by atoms with E-state index >= 15 is 0 Å². The molecule has 1 N–H and O–H groups in total. The number of aromatic nitrogens is 2. The van der Waals surface area contributed by atoms with E-state index in [1.165, 1.54) is 24.0 Å². The molecule has 0 spiro atoms. The second-order valence-electron chi connectivity index (χ2n) is 6.12. The number of benzene rings is 1. The van der Waals surface area contributed by atoms with Crippen LogP contribution < -0.4 is 5.32 Å². The summed E-state index contributed by atoms with van der Waals surface area (Å²) in [4.78, 5) is 12.4. The summed E-state index contributed by atoms with van der Waals surface area (Å²) in [5.74, 6) is 0.666. The fourth-order valence-electron chi connectivity index (χ4n) is 2.90. The van der Waals surface area contributed by atoms with Gasteiger partial charge in [-0.1, -0.05) is 24.3 Å². The van der Waals surface area contributed by atoms with E-state index in [2.05, 4.69) is 35.5 Å². The largest absolute Gasteiger partial charge is 0.349 e. The lowest BCUT2D eigenvalue weighted by atomic mass is 9.97. The predicted octanol–water partition coefficient (Wildman–Crippen LogP) is 3.02. The van der Waals surface area contributed by atoms with Crippen molar-refractivity contribution in [1.82, 2.24) is 15.1 Å². The molecule has 0 bridgehead atoms. The van der Waals surface area contributed by atoms with Crippen LogP contribution in [0.25, 0.3) is 0 Å². The molecule has 1 atom stereocenters. The van der Waals surface area contributed by atoms with Crippen LogP contribution in [0.1, 0.15) is 42.5 Å². The first-order valence-electron chi connectivity index (χ1n) is 8.03. The van der Waals surface area contributed by atoms with E-state index in [-0.39, 0.29) is 11.9 Å². The number of carbonyl (C=O) groups is 1. The normalized spacial score (nSPS) is 15.5. The fourth-order valence-corrected chi connectivity index (χ4v) is 2.90. The van der Waals surface area contributed by atoms with Gasteiger partial charge in [-0.2, -0.15) is 5.10 Å². The summed E-state index contributed by atoms with van der Waals surface area (Å²) in [6.45, 7) is 4.98. The van der Waals surface area contributed by atoms with Gasteiger partial charge in [0.1, 0.15) is 0 Å². The smallest absolute Gasteiger partial charge is 0.225 e. The van der Waals surface area contributed by atoms with Crippen molar-refractivity contribution in [3.63, 3.8) is 0 Å². The highest BCUT2D eigenvalue weighted by atomic mass is 16.1. The Morgan fingerprint density at radius 2 is 2.18 bits per heavy atom. The molecule has 0 saturated heterocycles. The molecule has 1 aromatic heterocycles. The summed E-state index contributed by atoms with van der Waals surface area (Å²) >= 11 is 0. The van der Waals surface area contributed by atoms with Crippen molar-refractivity contribution in [1.29, 1.82) is 0 Å². The van der Waals surface area contributed by atoms with E-state index in [9.17, 15) is 4.79 Å². The van der Waals surface area contributed by atoms with Gasteiger partial charge in [0.25, 0.3) is 0 Å². The molecule has 4 nitrogen and oxygen atoms in total. The topological polar surface area (TPSA) is 46.9 Å². The Labute approximate surface area is 131 Å². The van der Waals surface area contributed by atoms with E-state index < -0.39 is 0 Å². The third-order valence-corrected chi connectivity index (χ3v) is 4.31. The zero-order valence-corrected chi connectivity index (χ0v) is 13.2. The lowest BCUT2D eigenvalue weighted by Gasteiger charge is -2.20. The Morgan fingerprint density at radius 1 is 1.41 bits per heavy atom. The highest BCUT2D eigenvalue weighted by Crippen LogP contribution is 2.41. The quantitative estimate of drug-likeness (QED) is 0.891. The minimum atomic E-state index is 0.0795. The maximum Gasteiger partial charge on any atom is 0.225 e. The maximum atomic E-state index is 12.4. The maximum absolute atomic E-state index is 12.4. The van der Waals surface area contributed by atoms with E-state index in [0.717, 1.165) is 12.1 Å². The molecule has 1 heterocycles. The molecule has 2 aromatic rings. The fraction of sp³-hybridized carbons (Fsp3) is 0.444. The number of hydrogen-bond donors (Lipinski definition) is 1. The van der Waals surface area contributed by atoms with E-state index in [1.807, 2.05) is 23.9 Å². The molecule has 1 aromatic carbocycles. The van der Waals surface area contributed by atoms with Crippen LogP contribution in [-0.2, 0) is 17.8 Å². The minimum absolute atomic E-state index is 0.0795. The van der Waals surface area contributed by atoms with E-state index in [1.54, 1.807) is 6.20 Å². The average molecular weight is 297 g/mol. The summed E-state index contributed by atoms with van der Waals surface area (Å²) in [6, 6.07) is 8.49. The summed E-state index contributed by atoms with van der Waals surface area (Å²) in [6.07, 6.45) is 6.53. The second kappa shape index (κ2) is 6.34. The number of carbonyl (C=O) groups excluding carboxylic acids is 1. The number of amides is 1. The first kappa shape index (κ1) is 14.8. The van der Waals surface area contributed by atoms with Crippen molar-refractivity contribution < 1.29 is 4.79 Å². The van der Waals surface area contributed by atoms with Gasteiger partial charge in [-0.3, -0.25) is 9.48 Å². The molecular weight excluding hydrogens is 274 g/mol. The molecule has 116 valence electrons. The molecule has 0 radical (unpaired) electrons. The average Bonchev–Trinajstić information content (AvgIpc) is 3.26. The molecular formula is C18H23N3O. The van der Waals surface area contributed by atoms with Crippen LogP contribution in [0.15, 0.2) is 36.7 Å². The summed E-state index contributed by atoms with van der Waals surface area (Å²) < 4.78 is 1.85. The Balaban J connectivity index is 1.69. The van der Waals surface area contributed by atoms with Crippen LogP contribution >= 0.6 is 0 Å². The Hall–Kier alpha value is -2.10. The van der Waals surface area contributed by atoms with Crippen molar-refractivity contribution in [3.8, 4) is 0 Å². The summed E-state index contributed by atoms with van der Waals surface area (Å²) in [5, 5.41) is 7.46. The molecule has 4 heteroatoms. The first-order valence-corrected chi connectivity index (χ1v) is 8.03. The lowest BCUT2D eigenvalue weighted by molar-refractivity contribution is -0.121. The van der Waals surface area contributed by atoms with Crippen LogP contribution in [-0.4, -0.2) is 15.7 Å². The number of nitrogens with zero attached hydrogens (tertiary/aromatic N) is 2. The van der Waals surface area contributed by atoms with Gasteiger partial charge < -0.3 is 5.32 Å². The molecule has 0 aliphatic heterocycles. The Kier molecular flexibility index (Phi) is 4.27. The Bertz CT molecular complexity index is 658. The third-order valence-electron chi connectivity index (χ3n) is 4.31. The van der Waals surface area contributed by atoms with Crippen LogP contribution in [0.4, 0.5) is 0 Å². The lowest BCUT2D eigenvalue weighted by Crippen LogP contribution is -2.31. The molecule has 1 aliphatic carbocycles. The monoisotopic (exact) mass is 297 g/mol. The molecule has 22 heavy (non-hydrogen) atoms. The molecule has 3 rings (SSSR count). The summed E-state index contributed by atoms with van der Waals surface area (Å²) in [7, 11) is 0. The highest BCUT2D eigenvalue weighted by molar-refractivity contribution is 5.79. The van der Waals surface area contributed by atoms with Gasteiger partial charge in [0, 0.05) is 12.7 Å². The van der Waals surface area contributed by atoms with Crippen molar-refractivity contribution in [2.75, 3.05) is 0 Å². The van der Waals surface area contributed by atoms with Crippen molar-refractivity contribution in [3.05, 3.63) is 53.3 Å². The number of rotatable bonds is 6. The predicted molar refractivity (Wildman–Crippen MR) is 86.4 cm³/mol. The van der Waals surface area contributed by atoms with E-state index in [4.69, 9.17) is 0 Å². The highest BCUT2D eigenvalue weighted by Gasteiger charge is 2.34. The second-order valence-corrected chi connectivity index (χ2v) is 6.12. The van der Waals surface area contributed by atoms with Gasteiger partial charge in [-0.05, 0) is 49.3 Å². The number of nitrogens with one attached hydrogen (secondary N) is 1.